The molecule has 0 radical (unpaired) electrons. The van der Waals surface area contributed by atoms with Crippen LogP contribution >= 0.6 is 7.29 Å². The first-order valence-corrected chi connectivity index (χ1v) is 11.8. The maximum Gasteiger partial charge on any atom is 0.323 e. The smallest absolute Gasteiger partial charge is 0.323 e. The molecule has 2 aromatic rings. The van der Waals surface area contributed by atoms with Crippen molar-refractivity contribution in [3.8, 4) is 0 Å². The van der Waals surface area contributed by atoms with Crippen LogP contribution in [0.5, 0.6) is 0 Å². The zero-order chi connectivity index (χ0) is 23.2. The molecule has 2 aromatic heterocycles. The van der Waals surface area contributed by atoms with Crippen LogP contribution in [0.1, 0.15) is 34.1 Å². The van der Waals surface area contributed by atoms with Crippen molar-refractivity contribution in [2.45, 2.75) is 58.9 Å². The molecule has 5 N–H and O–H groups in total. The number of fused-ring (bicyclic) bond motifs is 1. The van der Waals surface area contributed by atoms with E-state index in [4.69, 9.17) is 20.9 Å². The molecule has 172 valence electrons. The first kappa shape index (κ1) is 24.9. The molecule has 0 aliphatic carbocycles. The molecule has 0 bridgehead atoms. The number of nitrogens with one attached hydrogen (secondary N) is 1. The second kappa shape index (κ2) is 10.8. The van der Waals surface area contributed by atoms with Crippen molar-refractivity contribution in [2.75, 3.05) is 18.6 Å². The van der Waals surface area contributed by atoms with Crippen LogP contribution in [0.2, 0.25) is 0 Å². The van der Waals surface area contributed by atoms with Crippen LogP contribution in [0, 0.1) is 0 Å². The van der Waals surface area contributed by atoms with Gasteiger partial charge < -0.3 is 25.5 Å². The third-order valence-corrected chi connectivity index (χ3v) is 6.64. The van der Waals surface area contributed by atoms with Gasteiger partial charge >= 0.3 is 5.97 Å². The number of anilines is 1. The Labute approximate surface area is 180 Å². The van der Waals surface area contributed by atoms with Gasteiger partial charge in [-0.1, -0.05) is 0 Å². The molecule has 0 aromatic carbocycles. The fourth-order valence-corrected chi connectivity index (χ4v) is 4.83. The van der Waals surface area contributed by atoms with Gasteiger partial charge in [0.05, 0.1) is 25.1 Å². The lowest BCUT2D eigenvalue weighted by molar-refractivity contribution is -0.148. The number of nitrogens with two attached hydrogens (primary N) is 2. The van der Waals surface area contributed by atoms with Gasteiger partial charge in [0.25, 0.3) is 0 Å². The number of hydrogen-bond acceptors (Lipinski definition) is 10. The number of esters is 1. The molecule has 12 nitrogen and oxygen atoms in total. The van der Waals surface area contributed by atoms with E-state index < -0.39 is 37.3 Å². The molecule has 13 heteroatoms. The van der Waals surface area contributed by atoms with Crippen LogP contribution < -0.4 is 16.6 Å². The van der Waals surface area contributed by atoms with Crippen molar-refractivity contribution in [3.63, 3.8) is 0 Å². The van der Waals surface area contributed by atoms with Crippen molar-refractivity contribution in [1.82, 2.24) is 24.6 Å². The summed E-state index contributed by atoms with van der Waals surface area (Å²) >= 11 is 0. The summed E-state index contributed by atoms with van der Waals surface area (Å²) in [5.41, 5.74) is 11.7. The summed E-state index contributed by atoms with van der Waals surface area (Å²) in [7, 11) is -3.74. The van der Waals surface area contributed by atoms with E-state index in [1.807, 2.05) is 0 Å². The van der Waals surface area contributed by atoms with Gasteiger partial charge in [0.1, 0.15) is 24.2 Å². The van der Waals surface area contributed by atoms with E-state index >= 15 is 0 Å². The van der Waals surface area contributed by atoms with Crippen molar-refractivity contribution in [3.05, 3.63) is 12.7 Å². The fraction of sp³-hybridized carbons (Fsp3) is 0.611. The Morgan fingerprint density at radius 1 is 1.23 bits per heavy atom. The highest BCUT2D eigenvalue weighted by Gasteiger charge is 2.35. The second-order valence-electron chi connectivity index (χ2n) is 7.44. The predicted octanol–water partition coefficient (Wildman–Crippen LogP) is 0.854. The minimum absolute atomic E-state index is 0.0348. The number of nitrogens with zero attached hydrogens (tertiary/aromatic N) is 4. The molecule has 0 aliphatic rings. The number of carbonyl (C=O) groups excluding carboxylic acids is 2. The maximum atomic E-state index is 13.4. The zero-order valence-corrected chi connectivity index (χ0v) is 19.0. The lowest BCUT2D eigenvalue weighted by Gasteiger charge is -2.24. The number of nitrogen functional groups attached to an aromatic ring is 1. The van der Waals surface area contributed by atoms with Crippen LogP contribution in [-0.4, -0.2) is 62.2 Å². The van der Waals surface area contributed by atoms with Gasteiger partial charge in [-0.25, -0.2) is 20.0 Å². The second-order valence-corrected chi connectivity index (χ2v) is 9.94. The summed E-state index contributed by atoms with van der Waals surface area (Å²) in [4.78, 5) is 36.8. The molecule has 0 amide bonds. The lowest BCUT2D eigenvalue weighted by Crippen LogP contribution is -2.37. The molecule has 31 heavy (non-hydrogen) atoms. The monoisotopic (exact) mass is 455 g/mol. The first-order chi connectivity index (χ1) is 14.6. The highest BCUT2D eigenvalue weighted by Crippen LogP contribution is 2.44. The highest BCUT2D eigenvalue weighted by molar-refractivity contribution is 7.78. The Balaban J connectivity index is 2.08. The van der Waals surface area contributed by atoms with Gasteiger partial charge in [-0.15, -0.1) is 0 Å². The Morgan fingerprint density at radius 2 is 1.94 bits per heavy atom. The SMILES string of the molecule is CC(C)OC(=O)[C@H](C)N[P@](=O)(CO[C@H](C)Cn1cnc2c(N)ncnc21)C(=O)CCN. The highest BCUT2D eigenvalue weighted by atomic mass is 31.2. The van der Waals surface area contributed by atoms with Crippen LogP contribution in [0.4, 0.5) is 5.82 Å². The predicted molar refractivity (Wildman–Crippen MR) is 115 cm³/mol. The van der Waals surface area contributed by atoms with Gasteiger partial charge in [0.2, 0.25) is 12.8 Å². The maximum absolute atomic E-state index is 13.4. The Kier molecular flexibility index (Phi) is 8.63. The molecular weight excluding hydrogens is 425 g/mol. The van der Waals surface area contributed by atoms with E-state index in [0.717, 1.165) is 0 Å². The molecule has 2 heterocycles. The number of ether oxygens (including phenoxy) is 2. The van der Waals surface area contributed by atoms with Gasteiger partial charge in [-0.3, -0.25) is 14.2 Å². The summed E-state index contributed by atoms with van der Waals surface area (Å²) in [6, 6.07) is -0.953. The minimum atomic E-state index is -3.74. The van der Waals surface area contributed by atoms with Crippen molar-refractivity contribution >= 4 is 35.8 Å². The quantitative estimate of drug-likeness (QED) is 0.305. The summed E-state index contributed by atoms with van der Waals surface area (Å²) in [6.07, 6.45) is 1.61. The molecule has 0 aliphatic heterocycles. The molecule has 3 atom stereocenters. The van der Waals surface area contributed by atoms with Crippen molar-refractivity contribution in [1.29, 1.82) is 0 Å². The van der Waals surface area contributed by atoms with Crippen LogP contribution in [0.3, 0.4) is 0 Å². The molecular formula is C18H30N7O5P. The largest absolute Gasteiger partial charge is 0.462 e. The minimum Gasteiger partial charge on any atom is -0.462 e. The Bertz CT molecular complexity index is 964. The van der Waals surface area contributed by atoms with Crippen molar-refractivity contribution in [2.24, 2.45) is 5.73 Å². The van der Waals surface area contributed by atoms with Gasteiger partial charge in [0.15, 0.2) is 11.5 Å². The van der Waals surface area contributed by atoms with Crippen LogP contribution in [0.15, 0.2) is 12.7 Å². The number of rotatable bonds is 12. The van der Waals surface area contributed by atoms with Gasteiger partial charge in [-0.05, 0) is 34.2 Å². The molecule has 0 saturated carbocycles. The molecule has 0 spiro atoms. The van der Waals surface area contributed by atoms with E-state index in [0.29, 0.717) is 17.7 Å². The summed E-state index contributed by atoms with van der Waals surface area (Å²) in [5, 5.41) is 2.63. The number of carbonyl (C=O) groups is 2. The topological polar surface area (TPSA) is 177 Å². The molecule has 0 unspecified atom stereocenters. The zero-order valence-electron chi connectivity index (χ0n) is 18.1. The molecule has 0 fully saturated rings. The Hall–Kier alpha value is -2.40. The fourth-order valence-electron chi connectivity index (χ4n) is 2.78. The number of aromatic nitrogens is 4. The van der Waals surface area contributed by atoms with E-state index in [1.165, 1.54) is 13.3 Å². The number of imidazole rings is 1. The third kappa shape index (κ3) is 6.54. The standard InChI is InChI=1S/C18H30N7O5P/c1-11(2)30-18(27)13(4)24-31(28,14(26)5-6-19)10-29-12(3)7-25-9-23-15-16(20)21-8-22-17(15)25/h8-9,11-13H,5-7,10,19H2,1-4H3,(H,24,28)(H2,20,21,22)/t12-,13+,31+/m1/s1. The summed E-state index contributed by atoms with van der Waals surface area (Å²) in [6.45, 7) is 7.00. The summed E-state index contributed by atoms with van der Waals surface area (Å²) < 4.78 is 25.9. The average molecular weight is 455 g/mol. The number of hydrogen-bond donors (Lipinski definition) is 3. The lowest BCUT2D eigenvalue weighted by atomic mass is 10.4. The van der Waals surface area contributed by atoms with Gasteiger partial charge in [-0.2, -0.15) is 0 Å². The normalized spacial score (nSPS) is 15.5. The van der Waals surface area contributed by atoms with E-state index in [9.17, 15) is 14.2 Å². The van der Waals surface area contributed by atoms with Crippen molar-refractivity contribution < 1.29 is 23.6 Å². The summed E-state index contributed by atoms with van der Waals surface area (Å²) in [5.74, 6) is -0.341. The third-order valence-electron chi connectivity index (χ3n) is 4.29. The first-order valence-electron chi connectivity index (χ1n) is 9.91. The van der Waals surface area contributed by atoms with E-state index in [-0.39, 0.29) is 24.9 Å². The average Bonchev–Trinajstić information content (AvgIpc) is 3.10. The molecule has 2 rings (SSSR count). The molecule has 0 saturated heterocycles. The Morgan fingerprint density at radius 3 is 2.58 bits per heavy atom. The van der Waals surface area contributed by atoms with E-state index in [1.54, 1.807) is 31.7 Å². The van der Waals surface area contributed by atoms with Gasteiger partial charge in [0, 0.05) is 6.42 Å². The van der Waals surface area contributed by atoms with Crippen LogP contribution in [-0.2, 0) is 30.2 Å². The van der Waals surface area contributed by atoms with E-state index in [2.05, 4.69) is 20.0 Å². The van der Waals surface area contributed by atoms with Crippen LogP contribution in [0.25, 0.3) is 11.2 Å².